The van der Waals surface area contributed by atoms with Crippen molar-refractivity contribution in [2.24, 2.45) is 5.92 Å². The number of aryl methyl sites for hydroxylation is 1. The van der Waals surface area contributed by atoms with Gasteiger partial charge in [0.15, 0.2) is 0 Å². The van der Waals surface area contributed by atoms with Crippen LogP contribution in [0.15, 0.2) is 46.0 Å². The monoisotopic (exact) mass is 525 g/mol. The fourth-order valence-electron chi connectivity index (χ4n) is 4.05. The molecule has 0 aliphatic rings. The van der Waals surface area contributed by atoms with Crippen LogP contribution in [-0.4, -0.2) is 32.7 Å². The molecule has 0 aliphatic heterocycles. The van der Waals surface area contributed by atoms with Crippen molar-refractivity contribution in [3.05, 3.63) is 67.8 Å². The SMILES string of the molecule is CCn1c(=O)n(CCCO)c(=O)c2cc(NC(=O)CC(C)CC(=O)Nc3ccc(C#N)c(Cl)c3)ccc21. The number of benzene rings is 2. The summed E-state index contributed by atoms with van der Waals surface area (Å²) in [5.74, 6) is -0.909. The number of hydrogen-bond acceptors (Lipinski definition) is 6. The minimum Gasteiger partial charge on any atom is -0.396 e. The van der Waals surface area contributed by atoms with E-state index in [9.17, 15) is 19.2 Å². The van der Waals surface area contributed by atoms with Gasteiger partial charge in [0, 0.05) is 43.9 Å². The van der Waals surface area contributed by atoms with Crippen molar-refractivity contribution in [2.45, 2.75) is 46.2 Å². The number of halogens is 1. The summed E-state index contributed by atoms with van der Waals surface area (Å²) in [6.45, 7) is 3.86. The van der Waals surface area contributed by atoms with E-state index in [0.717, 1.165) is 4.57 Å². The van der Waals surface area contributed by atoms with Gasteiger partial charge in [-0.2, -0.15) is 5.26 Å². The first-order chi connectivity index (χ1) is 17.7. The van der Waals surface area contributed by atoms with E-state index in [4.69, 9.17) is 22.0 Å². The van der Waals surface area contributed by atoms with Gasteiger partial charge >= 0.3 is 5.69 Å². The van der Waals surface area contributed by atoms with Crippen molar-refractivity contribution in [2.75, 3.05) is 17.2 Å². The molecule has 1 unspecified atom stereocenters. The summed E-state index contributed by atoms with van der Waals surface area (Å²) in [5, 5.41) is 24.0. The molecule has 0 bridgehead atoms. The predicted octanol–water partition coefficient (Wildman–Crippen LogP) is 3.08. The zero-order valence-electron chi connectivity index (χ0n) is 20.6. The second kappa shape index (κ2) is 12.3. The Morgan fingerprint density at radius 2 is 1.68 bits per heavy atom. The van der Waals surface area contributed by atoms with E-state index in [1.807, 2.05) is 6.07 Å². The zero-order valence-corrected chi connectivity index (χ0v) is 21.3. The van der Waals surface area contributed by atoms with Gasteiger partial charge in [-0.15, -0.1) is 0 Å². The minimum absolute atomic E-state index is 0.0643. The fourth-order valence-corrected chi connectivity index (χ4v) is 4.27. The average molecular weight is 526 g/mol. The lowest BCUT2D eigenvalue weighted by Crippen LogP contribution is -2.40. The van der Waals surface area contributed by atoms with E-state index in [1.165, 1.54) is 22.8 Å². The topological polar surface area (TPSA) is 146 Å². The van der Waals surface area contributed by atoms with Gasteiger partial charge in [0.05, 0.1) is 21.5 Å². The highest BCUT2D eigenvalue weighted by Crippen LogP contribution is 2.21. The smallest absolute Gasteiger partial charge is 0.331 e. The van der Waals surface area contributed by atoms with Gasteiger partial charge < -0.3 is 15.7 Å². The molecule has 0 spiro atoms. The van der Waals surface area contributed by atoms with Crippen LogP contribution in [0.4, 0.5) is 11.4 Å². The molecule has 1 aromatic heterocycles. The first-order valence-corrected chi connectivity index (χ1v) is 12.2. The molecule has 3 aromatic rings. The Hall–Kier alpha value is -3.94. The molecule has 0 saturated heterocycles. The van der Waals surface area contributed by atoms with Crippen molar-refractivity contribution in [1.29, 1.82) is 5.26 Å². The van der Waals surface area contributed by atoms with Gasteiger partial charge in [-0.3, -0.25) is 23.5 Å². The summed E-state index contributed by atoms with van der Waals surface area (Å²) < 4.78 is 2.57. The molecule has 11 heteroatoms. The summed E-state index contributed by atoms with van der Waals surface area (Å²) in [6.07, 6.45) is 0.417. The molecule has 10 nitrogen and oxygen atoms in total. The molecule has 194 valence electrons. The lowest BCUT2D eigenvalue weighted by atomic mass is 10.0. The van der Waals surface area contributed by atoms with E-state index in [1.54, 1.807) is 32.0 Å². The Morgan fingerprint density at radius 1 is 1.05 bits per heavy atom. The van der Waals surface area contributed by atoms with Crippen molar-refractivity contribution in [3.8, 4) is 6.07 Å². The van der Waals surface area contributed by atoms with Crippen LogP contribution in [0.2, 0.25) is 5.02 Å². The molecule has 3 N–H and O–H groups in total. The van der Waals surface area contributed by atoms with E-state index in [-0.39, 0.29) is 60.6 Å². The van der Waals surface area contributed by atoms with Crippen LogP contribution in [0.3, 0.4) is 0 Å². The number of aliphatic hydroxyl groups is 1. The van der Waals surface area contributed by atoms with E-state index < -0.39 is 11.2 Å². The number of carbonyl (C=O) groups is 2. The third kappa shape index (κ3) is 6.64. The summed E-state index contributed by atoms with van der Waals surface area (Å²) in [4.78, 5) is 50.7. The molecule has 0 saturated carbocycles. The van der Waals surface area contributed by atoms with Gasteiger partial charge in [-0.25, -0.2) is 4.79 Å². The third-order valence-electron chi connectivity index (χ3n) is 5.81. The molecule has 2 amide bonds. The summed E-state index contributed by atoms with van der Waals surface area (Å²) in [6, 6.07) is 11.3. The van der Waals surface area contributed by atoms with Crippen molar-refractivity contribution < 1.29 is 14.7 Å². The highest BCUT2D eigenvalue weighted by Gasteiger charge is 2.16. The van der Waals surface area contributed by atoms with Gasteiger partial charge in [0.25, 0.3) is 5.56 Å². The van der Waals surface area contributed by atoms with Crippen LogP contribution in [0, 0.1) is 17.2 Å². The van der Waals surface area contributed by atoms with Crippen LogP contribution in [0.5, 0.6) is 0 Å². The average Bonchev–Trinajstić information content (AvgIpc) is 2.84. The van der Waals surface area contributed by atoms with Crippen LogP contribution < -0.4 is 21.9 Å². The maximum absolute atomic E-state index is 13.0. The number of amides is 2. The van der Waals surface area contributed by atoms with Gasteiger partial charge in [0.2, 0.25) is 11.8 Å². The number of nitrogens with one attached hydrogen (secondary N) is 2. The summed E-state index contributed by atoms with van der Waals surface area (Å²) in [5.41, 5.74) is 0.692. The molecule has 37 heavy (non-hydrogen) atoms. The molecular formula is C26H28ClN5O5. The molecular weight excluding hydrogens is 498 g/mol. The van der Waals surface area contributed by atoms with Crippen LogP contribution in [0.1, 0.15) is 38.7 Å². The number of fused-ring (bicyclic) bond motifs is 1. The molecule has 3 rings (SSSR count). The Bertz CT molecular complexity index is 1490. The van der Waals surface area contributed by atoms with Crippen LogP contribution in [-0.2, 0) is 22.7 Å². The Balaban J connectivity index is 1.68. The number of rotatable bonds is 10. The summed E-state index contributed by atoms with van der Waals surface area (Å²) in [7, 11) is 0. The number of carbonyl (C=O) groups excluding carboxylic acids is 2. The largest absolute Gasteiger partial charge is 0.396 e. The lowest BCUT2D eigenvalue weighted by Gasteiger charge is -2.15. The first-order valence-electron chi connectivity index (χ1n) is 11.9. The van der Waals surface area contributed by atoms with Crippen molar-refractivity contribution in [3.63, 3.8) is 0 Å². The highest BCUT2D eigenvalue weighted by atomic mass is 35.5. The summed E-state index contributed by atoms with van der Waals surface area (Å²) >= 11 is 5.99. The van der Waals surface area contributed by atoms with E-state index in [0.29, 0.717) is 29.0 Å². The lowest BCUT2D eigenvalue weighted by molar-refractivity contribution is -0.118. The fraction of sp³-hybridized carbons (Fsp3) is 0.346. The number of hydrogen-bond donors (Lipinski definition) is 3. The normalized spacial score (nSPS) is 11.6. The van der Waals surface area contributed by atoms with Crippen molar-refractivity contribution >= 4 is 45.7 Å². The zero-order chi connectivity index (χ0) is 27.1. The quantitative estimate of drug-likeness (QED) is 0.370. The number of aliphatic hydroxyl groups excluding tert-OH is 1. The molecule has 1 atom stereocenters. The molecule has 0 radical (unpaired) electrons. The molecule has 2 aromatic carbocycles. The number of nitriles is 1. The van der Waals surface area contributed by atoms with Gasteiger partial charge in [0.1, 0.15) is 6.07 Å². The predicted molar refractivity (Wildman–Crippen MR) is 142 cm³/mol. The number of anilines is 2. The maximum atomic E-state index is 13.0. The Labute approximate surface area is 218 Å². The second-order valence-electron chi connectivity index (χ2n) is 8.71. The minimum atomic E-state index is -0.484. The van der Waals surface area contributed by atoms with Gasteiger partial charge in [-0.1, -0.05) is 18.5 Å². The molecule has 0 aliphatic carbocycles. The molecule has 1 heterocycles. The number of aromatic nitrogens is 2. The first kappa shape index (κ1) is 27.6. The van der Waals surface area contributed by atoms with Gasteiger partial charge in [-0.05, 0) is 55.7 Å². The van der Waals surface area contributed by atoms with E-state index >= 15 is 0 Å². The van der Waals surface area contributed by atoms with Crippen molar-refractivity contribution in [1.82, 2.24) is 9.13 Å². The third-order valence-corrected chi connectivity index (χ3v) is 6.12. The van der Waals surface area contributed by atoms with Crippen LogP contribution in [0.25, 0.3) is 10.9 Å². The standard InChI is InChI=1S/C26H28ClN5O5/c1-3-31-22-8-7-18(13-20(22)25(36)32(26(31)37)9-4-10-33)29-23(34)11-16(2)12-24(35)30-19-6-5-17(15-28)21(27)14-19/h5-8,13-14,16,33H,3-4,9-12H2,1-2H3,(H,29,34)(H,30,35). The van der Waals surface area contributed by atoms with Crippen LogP contribution >= 0.6 is 11.6 Å². The maximum Gasteiger partial charge on any atom is 0.331 e. The Kier molecular flexibility index (Phi) is 9.22. The van der Waals surface area contributed by atoms with E-state index in [2.05, 4.69) is 10.6 Å². The number of nitrogens with zero attached hydrogens (tertiary/aromatic N) is 3. The highest BCUT2D eigenvalue weighted by molar-refractivity contribution is 6.32. The Morgan fingerprint density at radius 3 is 2.24 bits per heavy atom. The second-order valence-corrected chi connectivity index (χ2v) is 9.12. The molecule has 0 fully saturated rings.